The summed E-state index contributed by atoms with van der Waals surface area (Å²) in [6.45, 7) is 1.64. The Bertz CT molecular complexity index is 732. The number of likely N-dealkylation sites (tertiary alicyclic amines) is 1. The van der Waals surface area contributed by atoms with E-state index in [1.54, 1.807) is 6.20 Å². The summed E-state index contributed by atoms with van der Waals surface area (Å²) in [7, 11) is 0. The number of carbonyl (C=O) groups excluding carboxylic acids is 1. The second kappa shape index (κ2) is 6.96. The number of hydrogen-bond donors (Lipinski definition) is 1. The Labute approximate surface area is 146 Å². The van der Waals surface area contributed by atoms with Crippen molar-refractivity contribution in [3.63, 3.8) is 0 Å². The van der Waals surface area contributed by atoms with Crippen LogP contribution in [0.5, 0.6) is 11.5 Å². The Hall–Kier alpha value is -2.83. The molecule has 1 aromatic heterocycles. The highest BCUT2D eigenvalue weighted by Crippen LogP contribution is 2.31. The molecule has 7 nitrogen and oxygen atoms in total. The highest BCUT2D eigenvalue weighted by Gasteiger charge is 2.33. The highest BCUT2D eigenvalue weighted by molar-refractivity contribution is 5.82. The van der Waals surface area contributed by atoms with Crippen molar-refractivity contribution >= 4 is 11.7 Å². The summed E-state index contributed by atoms with van der Waals surface area (Å²) in [4.78, 5) is 14.6. The van der Waals surface area contributed by atoms with E-state index in [0.29, 0.717) is 30.6 Å². The van der Waals surface area contributed by atoms with Gasteiger partial charge in [0, 0.05) is 25.3 Å². The van der Waals surface area contributed by atoms with Crippen molar-refractivity contribution in [2.24, 2.45) is 0 Å². The van der Waals surface area contributed by atoms with Gasteiger partial charge in [-0.05, 0) is 37.1 Å². The first-order valence-corrected chi connectivity index (χ1v) is 8.51. The largest absolute Gasteiger partial charge is 0.485 e. The number of carbonyl (C=O) groups is 1. The molecule has 7 heteroatoms. The minimum absolute atomic E-state index is 0.00699. The normalized spacial score (nSPS) is 20.2. The molecule has 0 bridgehead atoms. The van der Waals surface area contributed by atoms with Gasteiger partial charge in [0.25, 0.3) is 5.91 Å². The van der Waals surface area contributed by atoms with E-state index in [0.717, 1.165) is 18.7 Å². The molecule has 2 aliphatic rings. The second-order valence-electron chi connectivity index (χ2n) is 6.22. The predicted molar refractivity (Wildman–Crippen MR) is 91.6 cm³/mol. The quantitative estimate of drug-likeness (QED) is 0.917. The van der Waals surface area contributed by atoms with Crippen LogP contribution in [0.25, 0.3) is 0 Å². The molecule has 1 N–H and O–H groups in total. The summed E-state index contributed by atoms with van der Waals surface area (Å²) in [5, 5.41) is 11.3. The summed E-state index contributed by atoms with van der Waals surface area (Å²) >= 11 is 0. The molecule has 3 heterocycles. The minimum Gasteiger partial charge on any atom is -0.485 e. The lowest BCUT2D eigenvalue weighted by molar-refractivity contribution is -0.142. The number of anilines is 1. The van der Waals surface area contributed by atoms with Crippen LogP contribution in [0, 0.1) is 0 Å². The summed E-state index contributed by atoms with van der Waals surface area (Å²) in [6, 6.07) is 11.5. The number of amides is 1. The lowest BCUT2D eigenvalue weighted by Crippen LogP contribution is -2.50. The van der Waals surface area contributed by atoms with E-state index in [4.69, 9.17) is 9.47 Å². The van der Waals surface area contributed by atoms with Gasteiger partial charge in [-0.15, -0.1) is 5.10 Å². The van der Waals surface area contributed by atoms with Gasteiger partial charge in [0.1, 0.15) is 12.4 Å². The standard InChI is InChI=1S/C18H20N4O3/c23-18(16-12-24-14-4-1-2-5-15(14)25-16)22-10-7-13(8-11-22)20-17-6-3-9-19-21-17/h1-6,9,13,16H,7-8,10-12H2,(H,20,21). The van der Waals surface area contributed by atoms with E-state index in [-0.39, 0.29) is 12.5 Å². The van der Waals surface area contributed by atoms with Gasteiger partial charge in [0.05, 0.1) is 0 Å². The van der Waals surface area contributed by atoms with Crippen LogP contribution in [-0.2, 0) is 4.79 Å². The number of hydrogen-bond acceptors (Lipinski definition) is 6. The Morgan fingerprint density at radius 2 is 1.92 bits per heavy atom. The number of fused-ring (bicyclic) bond motifs is 1. The summed E-state index contributed by atoms with van der Waals surface area (Å²) < 4.78 is 11.5. The van der Waals surface area contributed by atoms with E-state index in [2.05, 4.69) is 15.5 Å². The molecule has 1 aromatic carbocycles. The minimum atomic E-state index is -0.570. The number of nitrogens with zero attached hydrogens (tertiary/aromatic N) is 3. The number of ether oxygens (including phenoxy) is 2. The first-order chi connectivity index (χ1) is 12.3. The third-order valence-corrected chi connectivity index (χ3v) is 4.51. The molecule has 0 saturated carbocycles. The molecule has 1 saturated heterocycles. The first-order valence-electron chi connectivity index (χ1n) is 8.51. The molecular formula is C18H20N4O3. The van der Waals surface area contributed by atoms with E-state index < -0.39 is 6.10 Å². The van der Waals surface area contributed by atoms with Crippen LogP contribution in [0.4, 0.5) is 5.82 Å². The molecule has 1 amide bonds. The molecule has 4 rings (SSSR count). The smallest absolute Gasteiger partial charge is 0.267 e. The van der Waals surface area contributed by atoms with E-state index in [9.17, 15) is 4.79 Å². The monoisotopic (exact) mass is 340 g/mol. The molecule has 1 unspecified atom stereocenters. The zero-order valence-corrected chi connectivity index (χ0v) is 13.8. The molecule has 1 atom stereocenters. The lowest BCUT2D eigenvalue weighted by Gasteiger charge is -2.35. The van der Waals surface area contributed by atoms with Gasteiger partial charge in [-0.3, -0.25) is 4.79 Å². The number of para-hydroxylation sites is 2. The molecule has 0 radical (unpaired) electrons. The van der Waals surface area contributed by atoms with Crippen molar-refractivity contribution in [2.45, 2.75) is 25.0 Å². The Kier molecular flexibility index (Phi) is 4.37. The van der Waals surface area contributed by atoms with Crippen LogP contribution in [0.1, 0.15) is 12.8 Å². The zero-order valence-electron chi connectivity index (χ0n) is 13.8. The molecule has 25 heavy (non-hydrogen) atoms. The average Bonchev–Trinajstić information content (AvgIpc) is 2.68. The Morgan fingerprint density at radius 1 is 1.12 bits per heavy atom. The fraction of sp³-hybridized carbons (Fsp3) is 0.389. The van der Waals surface area contributed by atoms with Crippen molar-refractivity contribution in [1.82, 2.24) is 15.1 Å². The maximum absolute atomic E-state index is 12.7. The molecule has 1 fully saturated rings. The summed E-state index contributed by atoms with van der Waals surface area (Å²) in [5.74, 6) is 2.09. The van der Waals surface area contributed by atoms with Gasteiger partial charge in [-0.25, -0.2) is 0 Å². The van der Waals surface area contributed by atoms with E-state index in [1.165, 1.54) is 0 Å². The van der Waals surface area contributed by atoms with Crippen molar-refractivity contribution in [3.05, 3.63) is 42.6 Å². The third-order valence-electron chi connectivity index (χ3n) is 4.51. The van der Waals surface area contributed by atoms with Crippen LogP contribution in [-0.4, -0.2) is 52.8 Å². The summed E-state index contributed by atoms with van der Waals surface area (Å²) in [5.41, 5.74) is 0. The highest BCUT2D eigenvalue weighted by atomic mass is 16.6. The van der Waals surface area contributed by atoms with Gasteiger partial charge in [0.2, 0.25) is 6.10 Å². The maximum Gasteiger partial charge on any atom is 0.267 e. The zero-order chi connectivity index (χ0) is 17.1. The van der Waals surface area contributed by atoms with Crippen LogP contribution >= 0.6 is 0 Å². The fourth-order valence-corrected chi connectivity index (χ4v) is 3.18. The molecule has 2 aliphatic heterocycles. The Balaban J connectivity index is 1.31. The topological polar surface area (TPSA) is 76.6 Å². The lowest BCUT2D eigenvalue weighted by atomic mass is 10.0. The van der Waals surface area contributed by atoms with Gasteiger partial charge in [0.15, 0.2) is 11.5 Å². The first kappa shape index (κ1) is 15.7. The second-order valence-corrected chi connectivity index (χ2v) is 6.22. The maximum atomic E-state index is 12.7. The predicted octanol–water partition coefficient (Wildman–Crippen LogP) is 1.72. The van der Waals surface area contributed by atoms with Crippen molar-refractivity contribution in [1.29, 1.82) is 0 Å². The molecule has 0 aliphatic carbocycles. The van der Waals surface area contributed by atoms with Gasteiger partial charge < -0.3 is 19.7 Å². The van der Waals surface area contributed by atoms with Crippen LogP contribution in [0.2, 0.25) is 0 Å². The Morgan fingerprint density at radius 3 is 2.68 bits per heavy atom. The van der Waals surface area contributed by atoms with Crippen molar-refractivity contribution in [2.75, 3.05) is 25.0 Å². The number of benzene rings is 1. The number of aromatic nitrogens is 2. The number of rotatable bonds is 3. The molecule has 2 aromatic rings. The van der Waals surface area contributed by atoms with E-state index >= 15 is 0 Å². The van der Waals surface area contributed by atoms with Gasteiger partial charge in [-0.1, -0.05) is 12.1 Å². The van der Waals surface area contributed by atoms with Crippen LogP contribution < -0.4 is 14.8 Å². The number of piperidine rings is 1. The van der Waals surface area contributed by atoms with Gasteiger partial charge in [-0.2, -0.15) is 5.10 Å². The molecular weight excluding hydrogens is 320 g/mol. The molecule has 0 spiro atoms. The van der Waals surface area contributed by atoms with Gasteiger partial charge >= 0.3 is 0 Å². The molecule has 130 valence electrons. The number of nitrogens with one attached hydrogen (secondary N) is 1. The third kappa shape index (κ3) is 3.50. The fourth-order valence-electron chi connectivity index (χ4n) is 3.18. The van der Waals surface area contributed by atoms with Crippen LogP contribution in [0.3, 0.4) is 0 Å². The van der Waals surface area contributed by atoms with Crippen molar-refractivity contribution < 1.29 is 14.3 Å². The SMILES string of the molecule is O=C(C1COc2ccccc2O1)N1CCC(Nc2cccnn2)CC1. The van der Waals surface area contributed by atoms with E-state index in [1.807, 2.05) is 41.3 Å². The average molecular weight is 340 g/mol. The van der Waals surface area contributed by atoms with Crippen molar-refractivity contribution in [3.8, 4) is 11.5 Å². The van der Waals surface area contributed by atoms with Crippen LogP contribution in [0.15, 0.2) is 42.6 Å². The summed E-state index contributed by atoms with van der Waals surface area (Å²) in [6.07, 6.45) is 2.81.